The number of hydrogen-bond acceptors (Lipinski definition) is 4. The molecular weight excluding hydrogens is 376 g/mol. The number of carbonyl (C=O) groups excluding carboxylic acids is 1. The molecule has 1 unspecified atom stereocenters. The van der Waals surface area contributed by atoms with Crippen molar-refractivity contribution in [1.82, 2.24) is 15.0 Å². The molecule has 1 aliphatic rings. The van der Waals surface area contributed by atoms with Crippen LogP contribution in [0.5, 0.6) is 0 Å². The number of hydrogen-bond donors (Lipinski definition) is 0. The molecule has 1 atom stereocenters. The number of aryl methyl sites for hydroxylation is 1. The molecule has 3 aromatic rings. The molecular formula is C22H21F2N3O2. The first-order valence-corrected chi connectivity index (χ1v) is 9.65. The van der Waals surface area contributed by atoms with Crippen molar-refractivity contribution < 1.29 is 18.1 Å². The van der Waals surface area contributed by atoms with Crippen LogP contribution in [0.1, 0.15) is 34.7 Å². The highest BCUT2D eigenvalue weighted by Gasteiger charge is 2.29. The molecule has 29 heavy (non-hydrogen) atoms. The lowest BCUT2D eigenvalue weighted by Crippen LogP contribution is -2.41. The van der Waals surface area contributed by atoms with Crippen LogP contribution in [0.3, 0.4) is 0 Å². The van der Waals surface area contributed by atoms with Gasteiger partial charge in [-0.1, -0.05) is 35.5 Å². The van der Waals surface area contributed by atoms with Gasteiger partial charge in [0.05, 0.1) is 0 Å². The number of likely N-dealkylation sites (tertiary alicyclic amines) is 1. The largest absolute Gasteiger partial charge is 0.339 e. The van der Waals surface area contributed by atoms with Crippen LogP contribution in [0.15, 0.2) is 47.0 Å². The Bertz CT molecular complexity index is 1010. The Morgan fingerprint density at radius 2 is 1.93 bits per heavy atom. The third-order valence-corrected chi connectivity index (χ3v) is 5.30. The van der Waals surface area contributed by atoms with Gasteiger partial charge < -0.3 is 9.42 Å². The summed E-state index contributed by atoms with van der Waals surface area (Å²) in [5, 5.41) is 4.07. The van der Waals surface area contributed by atoms with E-state index in [2.05, 4.69) is 10.1 Å². The fraction of sp³-hybridized carbons (Fsp3) is 0.318. The minimum atomic E-state index is -0.836. The van der Waals surface area contributed by atoms with Crippen LogP contribution < -0.4 is 0 Å². The molecule has 1 aliphatic heterocycles. The van der Waals surface area contributed by atoms with Gasteiger partial charge in [0.25, 0.3) is 5.91 Å². The van der Waals surface area contributed by atoms with Gasteiger partial charge in [0.1, 0.15) is 17.2 Å². The molecule has 1 aromatic heterocycles. The van der Waals surface area contributed by atoms with E-state index in [4.69, 9.17) is 4.52 Å². The monoisotopic (exact) mass is 397 g/mol. The number of aromatic nitrogens is 2. The van der Waals surface area contributed by atoms with Crippen molar-refractivity contribution in [2.24, 2.45) is 5.92 Å². The molecule has 4 rings (SSSR count). The Hall–Kier alpha value is -3.09. The number of carbonyl (C=O) groups is 1. The van der Waals surface area contributed by atoms with Crippen LogP contribution in [0.25, 0.3) is 11.4 Å². The maximum atomic E-state index is 14.0. The third kappa shape index (κ3) is 4.04. The zero-order chi connectivity index (χ0) is 20.4. The summed E-state index contributed by atoms with van der Waals surface area (Å²) in [6.07, 6.45) is 2.15. The summed E-state index contributed by atoms with van der Waals surface area (Å²) in [7, 11) is 0. The lowest BCUT2D eigenvalue weighted by atomic mass is 9.94. The molecule has 0 saturated carbocycles. The topological polar surface area (TPSA) is 59.2 Å². The molecule has 5 nitrogen and oxygen atoms in total. The molecule has 1 fully saturated rings. The van der Waals surface area contributed by atoms with Crippen LogP contribution >= 0.6 is 0 Å². The molecule has 0 spiro atoms. The highest BCUT2D eigenvalue weighted by molar-refractivity contribution is 5.94. The average Bonchev–Trinajstić information content (AvgIpc) is 3.16. The van der Waals surface area contributed by atoms with E-state index in [1.807, 2.05) is 31.2 Å². The summed E-state index contributed by atoms with van der Waals surface area (Å²) in [5.41, 5.74) is 1.48. The molecule has 2 aromatic carbocycles. The van der Waals surface area contributed by atoms with Crippen molar-refractivity contribution in [3.63, 3.8) is 0 Å². The maximum absolute atomic E-state index is 14.0. The smallest absolute Gasteiger partial charge is 0.259 e. The first-order chi connectivity index (χ1) is 14.0. The normalized spacial score (nSPS) is 16.8. The van der Waals surface area contributed by atoms with Gasteiger partial charge in [-0.05, 0) is 43.4 Å². The molecule has 2 heterocycles. The van der Waals surface area contributed by atoms with E-state index in [1.165, 1.54) is 11.0 Å². The number of rotatable bonds is 4. The second-order valence-electron chi connectivity index (χ2n) is 7.39. The minimum absolute atomic E-state index is 0.0905. The fourth-order valence-corrected chi connectivity index (χ4v) is 3.79. The van der Waals surface area contributed by atoms with Gasteiger partial charge in [0.2, 0.25) is 11.7 Å². The summed E-state index contributed by atoms with van der Waals surface area (Å²) >= 11 is 0. The first-order valence-electron chi connectivity index (χ1n) is 9.65. The predicted octanol–water partition coefficient (Wildman–Crippen LogP) is 4.42. The van der Waals surface area contributed by atoms with Crippen molar-refractivity contribution in [2.45, 2.75) is 26.2 Å². The number of amides is 1. The Morgan fingerprint density at radius 3 is 2.69 bits per heavy atom. The molecule has 0 N–H and O–H groups in total. The van der Waals surface area contributed by atoms with Crippen LogP contribution in [0.2, 0.25) is 0 Å². The van der Waals surface area contributed by atoms with Crippen molar-refractivity contribution >= 4 is 5.91 Å². The molecule has 0 radical (unpaired) electrons. The van der Waals surface area contributed by atoms with Crippen molar-refractivity contribution in [1.29, 1.82) is 0 Å². The molecule has 0 bridgehead atoms. The number of piperidine rings is 1. The summed E-state index contributed by atoms with van der Waals surface area (Å²) in [4.78, 5) is 18.7. The Balaban J connectivity index is 1.46. The van der Waals surface area contributed by atoms with E-state index in [9.17, 15) is 13.6 Å². The quantitative estimate of drug-likeness (QED) is 0.654. The maximum Gasteiger partial charge on any atom is 0.259 e. The van der Waals surface area contributed by atoms with E-state index in [-0.39, 0.29) is 5.92 Å². The second kappa shape index (κ2) is 8.11. The van der Waals surface area contributed by atoms with Crippen molar-refractivity contribution in [3.8, 4) is 11.4 Å². The Labute approximate surface area is 167 Å². The van der Waals surface area contributed by atoms with Crippen LogP contribution in [0, 0.1) is 24.5 Å². The van der Waals surface area contributed by atoms with E-state index in [0.717, 1.165) is 36.1 Å². The van der Waals surface area contributed by atoms with Gasteiger partial charge in [-0.2, -0.15) is 4.98 Å². The highest BCUT2D eigenvalue weighted by Crippen LogP contribution is 2.25. The number of halogens is 2. The van der Waals surface area contributed by atoms with Crippen LogP contribution in [-0.2, 0) is 6.42 Å². The van der Waals surface area contributed by atoms with Gasteiger partial charge in [-0.25, -0.2) is 8.78 Å². The first kappa shape index (κ1) is 19.2. The molecule has 0 aliphatic carbocycles. The summed E-state index contributed by atoms with van der Waals surface area (Å²) in [6, 6.07) is 11.2. The fourth-order valence-electron chi connectivity index (χ4n) is 3.79. The van der Waals surface area contributed by atoms with Crippen molar-refractivity contribution in [2.75, 3.05) is 13.1 Å². The van der Waals surface area contributed by atoms with Crippen LogP contribution in [-0.4, -0.2) is 34.0 Å². The molecule has 1 amide bonds. The number of benzene rings is 2. The van der Waals surface area contributed by atoms with Crippen LogP contribution in [0.4, 0.5) is 8.78 Å². The average molecular weight is 397 g/mol. The van der Waals surface area contributed by atoms with E-state index in [1.54, 1.807) is 0 Å². The second-order valence-corrected chi connectivity index (χ2v) is 7.39. The van der Waals surface area contributed by atoms with E-state index >= 15 is 0 Å². The van der Waals surface area contributed by atoms with Gasteiger partial charge in [-0.15, -0.1) is 0 Å². The zero-order valence-electron chi connectivity index (χ0n) is 16.1. The molecule has 1 saturated heterocycles. The summed E-state index contributed by atoms with van der Waals surface area (Å²) in [6.45, 7) is 2.86. The zero-order valence-corrected chi connectivity index (χ0v) is 16.1. The van der Waals surface area contributed by atoms with Gasteiger partial charge in [0, 0.05) is 25.1 Å². The van der Waals surface area contributed by atoms with E-state index in [0.29, 0.717) is 31.2 Å². The Morgan fingerprint density at radius 1 is 1.17 bits per heavy atom. The Kier molecular flexibility index (Phi) is 5.38. The predicted molar refractivity (Wildman–Crippen MR) is 103 cm³/mol. The minimum Gasteiger partial charge on any atom is -0.339 e. The lowest BCUT2D eigenvalue weighted by Gasteiger charge is -2.32. The third-order valence-electron chi connectivity index (χ3n) is 5.30. The number of nitrogens with zero attached hydrogens (tertiary/aromatic N) is 3. The molecule has 7 heteroatoms. The summed E-state index contributed by atoms with van der Waals surface area (Å²) in [5.74, 6) is -1.16. The van der Waals surface area contributed by atoms with E-state index < -0.39 is 23.1 Å². The van der Waals surface area contributed by atoms with Gasteiger partial charge >= 0.3 is 0 Å². The standard InChI is InChI=1S/C22H21F2N3O2/c1-14-6-2-3-8-16(14)21-25-19(29-26-21)12-15-7-5-11-27(13-15)22(28)20-17(23)9-4-10-18(20)24/h2-4,6,8-10,15H,5,7,11-13H2,1H3. The van der Waals surface area contributed by atoms with Gasteiger partial charge in [-0.3, -0.25) is 4.79 Å². The SMILES string of the molecule is Cc1ccccc1-c1noc(CC2CCCN(C(=O)c3c(F)cccc3F)C2)n1. The molecule has 150 valence electrons. The van der Waals surface area contributed by atoms with Crippen molar-refractivity contribution in [3.05, 3.63) is 71.1 Å². The highest BCUT2D eigenvalue weighted by atomic mass is 19.1. The summed E-state index contributed by atoms with van der Waals surface area (Å²) < 4.78 is 33.4. The van der Waals surface area contributed by atoms with Gasteiger partial charge in [0.15, 0.2) is 0 Å². The lowest BCUT2D eigenvalue weighted by molar-refractivity contribution is 0.0658.